The van der Waals surface area contributed by atoms with Crippen LogP contribution in [0, 0.1) is 12.3 Å². The number of nitrogens with one attached hydrogen (secondary N) is 3. The molecule has 0 radical (unpaired) electrons. The summed E-state index contributed by atoms with van der Waals surface area (Å²) in [4.78, 5) is 16.6. The van der Waals surface area contributed by atoms with Crippen molar-refractivity contribution >= 4 is 11.9 Å². The molecule has 1 rings (SSSR count). The van der Waals surface area contributed by atoms with Crippen molar-refractivity contribution in [3.8, 4) is 12.3 Å². The first-order valence-corrected chi connectivity index (χ1v) is 5.24. The molecule has 0 saturated heterocycles. The first kappa shape index (κ1) is 13.2. The maximum absolute atomic E-state index is 5.37. The molecular formula is C10H16N6O. The van der Waals surface area contributed by atoms with E-state index in [1.807, 2.05) is 0 Å². The predicted molar refractivity (Wildman–Crippen MR) is 65.0 cm³/mol. The Hall–Kier alpha value is -1.91. The van der Waals surface area contributed by atoms with Gasteiger partial charge in [-0.05, 0) is 13.0 Å². The van der Waals surface area contributed by atoms with Gasteiger partial charge in [0.1, 0.15) is 12.5 Å². The van der Waals surface area contributed by atoms with Gasteiger partial charge in [-0.1, -0.05) is 12.8 Å². The highest BCUT2D eigenvalue weighted by Gasteiger charge is 2.06. The second kappa shape index (κ2) is 7.38. The van der Waals surface area contributed by atoms with E-state index in [1.165, 1.54) is 13.4 Å². The van der Waals surface area contributed by atoms with Crippen molar-refractivity contribution in [3.05, 3.63) is 6.33 Å². The number of rotatable bonds is 7. The van der Waals surface area contributed by atoms with Crippen molar-refractivity contribution in [2.24, 2.45) is 0 Å². The average molecular weight is 236 g/mol. The number of hydrogen-bond donors (Lipinski definition) is 3. The smallest absolute Gasteiger partial charge is 0.251 e. The van der Waals surface area contributed by atoms with Gasteiger partial charge in [0.2, 0.25) is 5.95 Å². The summed E-state index contributed by atoms with van der Waals surface area (Å²) in [7, 11) is 1.48. The quantitative estimate of drug-likeness (QED) is 0.354. The van der Waals surface area contributed by atoms with Gasteiger partial charge >= 0.3 is 0 Å². The van der Waals surface area contributed by atoms with Crippen LogP contribution in [-0.4, -0.2) is 34.8 Å². The molecule has 0 aliphatic heterocycles. The molecule has 0 aliphatic carbocycles. The lowest BCUT2D eigenvalue weighted by Crippen LogP contribution is -2.36. The zero-order chi connectivity index (χ0) is 12.5. The summed E-state index contributed by atoms with van der Waals surface area (Å²) in [5.41, 5.74) is 2.51. The topological polar surface area (TPSA) is 84.0 Å². The van der Waals surface area contributed by atoms with Crippen LogP contribution >= 0.6 is 0 Å². The Morgan fingerprint density at radius 3 is 2.88 bits per heavy atom. The molecule has 0 amide bonds. The summed E-state index contributed by atoms with van der Waals surface area (Å²) < 4.78 is 0. The number of nitrogens with zero attached hydrogens (tertiary/aromatic N) is 3. The van der Waals surface area contributed by atoms with Gasteiger partial charge in [0, 0.05) is 0 Å². The molecule has 7 heteroatoms. The van der Waals surface area contributed by atoms with Gasteiger partial charge in [-0.15, -0.1) is 6.42 Å². The largest absolute Gasteiger partial charge is 0.328 e. The Kier molecular flexibility index (Phi) is 5.71. The van der Waals surface area contributed by atoms with Gasteiger partial charge in [0.05, 0.1) is 7.11 Å². The van der Waals surface area contributed by atoms with Gasteiger partial charge in [0.15, 0.2) is 0 Å². The Morgan fingerprint density at radius 2 is 2.24 bits per heavy atom. The fourth-order valence-electron chi connectivity index (χ4n) is 1.08. The van der Waals surface area contributed by atoms with E-state index in [4.69, 9.17) is 11.3 Å². The molecule has 1 aromatic rings. The minimum Gasteiger partial charge on any atom is -0.328 e. The molecular weight excluding hydrogens is 220 g/mol. The highest BCUT2D eigenvalue weighted by atomic mass is 16.6. The van der Waals surface area contributed by atoms with E-state index in [9.17, 15) is 0 Å². The summed E-state index contributed by atoms with van der Waals surface area (Å²) in [5.74, 6) is 3.26. The number of hydrogen-bond acceptors (Lipinski definition) is 7. The molecule has 3 N–H and O–H groups in total. The van der Waals surface area contributed by atoms with Gasteiger partial charge in [-0.3, -0.25) is 10.2 Å². The molecule has 92 valence electrons. The third-order valence-corrected chi connectivity index (χ3v) is 1.80. The minimum absolute atomic E-state index is 0.312. The first-order valence-electron chi connectivity index (χ1n) is 5.24. The monoisotopic (exact) mass is 236 g/mol. The predicted octanol–water partition coefficient (Wildman–Crippen LogP) is 0.216. The van der Waals surface area contributed by atoms with E-state index < -0.39 is 0 Å². The molecule has 1 atom stereocenters. The van der Waals surface area contributed by atoms with Crippen molar-refractivity contribution in [2.75, 3.05) is 24.5 Å². The van der Waals surface area contributed by atoms with Crippen LogP contribution in [0.15, 0.2) is 6.33 Å². The second-order valence-electron chi connectivity index (χ2n) is 3.14. The molecule has 1 heterocycles. The Balaban J connectivity index is 2.59. The number of anilines is 2. The molecule has 0 spiro atoms. The zero-order valence-electron chi connectivity index (χ0n) is 9.90. The normalized spacial score (nSPS) is 11.6. The molecule has 0 bridgehead atoms. The lowest BCUT2D eigenvalue weighted by atomic mass is 10.4. The first-order chi connectivity index (χ1) is 8.30. The lowest BCUT2D eigenvalue weighted by Gasteiger charge is -2.14. The molecule has 0 aliphatic rings. The maximum Gasteiger partial charge on any atom is 0.251 e. The maximum atomic E-state index is 5.37. The fraction of sp³-hybridized carbons (Fsp3) is 0.500. The van der Waals surface area contributed by atoms with Gasteiger partial charge in [-0.25, -0.2) is 10.5 Å². The van der Waals surface area contributed by atoms with Crippen molar-refractivity contribution in [1.29, 1.82) is 0 Å². The van der Waals surface area contributed by atoms with Crippen LogP contribution in [0.2, 0.25) is 0 Å². The third kappa shape index (κ3) is 4.63. The van der Waals surface area contributed by atoms with Crippen LogP contribution in [0.1, 0.15) is 13.3 Å². The summed E-state index contributed by atoms with van der Waals surface area (Å²) in [5, 5.41) is 6.08. The molecule has 0 aromatic carbocycles. The number of terminal acetylenes is 1. The lowest BCUT2D eigenvalue weighted by molar-refractivity contribution is 0.267. The molecule has 0 saturated carbocycles. The molecule has 0 fully saturated rings. The number of aromatic nitrogens is 3. The average Bonchev–Trinajstić information content (AvgIpc) is 2.35. The molecule has 1 aromatic heterocycles. The van der Waals surface area contributed by atoms with Gasteiger partial charge in [0.25, 0.3) is 5.95 Å². The van der Waals surface area contributed by atoms with E-state index in [-0.39, 0.29) is 6.17 Å². The fourth-order valence-corrected chi connectivity index (χ4v) is 1.08. The van der Waals surface area contributed by atoms with Crippen LogP contribution in [-0.2, 0) is 4.84 Å². The van der Waals surface area contributed by atoms with E-state index in [2.05, 4.69) is 43.9 Å². The van der Waals surface area contributed by atoms with Crippen LogP contribution in [0.3, 0.4) is 0 Å². The van der Waals surface area contributed by atoms with E-state index >= 15 is 0 Å². The molecule has 17 heavy (non-hydrogen) atoms. The van der Waals surface area contributed by atoms with E-state index in [0.717, 1.165) is 13.0 Å². The van der Waals surface area contributed by atoms with Crippen LogP contribution in [0.4, 0.5) is 11.9 Å². The minimum atomic E-state index is -0.312. The van der Waals surface area contributed by atoms with Crippen LogP contribution in [0.5, 0.6) is 0 Å². The zero-order valence-corrected chi connectivity index (χ0v) is 9.90. The Labute approximate surface area is 100 Å². The SMILES string of the molecule is C#CC(NCCC)Nc1ncnc(NOC)n1. The summed E-state index contributed by atoms with van der Waals surface area (Å²) >= 11 is 0. The van der Waals surface area contributed by atoms with E-state index in [1.54, 1.807) is 0 Å². The molecule has 7 nitrogen and oxygen atoms in total. The van der Waals surface area contributed by atoms with Crippen LogP contribution < -0.4 is 16.1 Å². The van der Waals surface area contributed by atoms with Gasteiger partial charge in [-0.2, -0.15) is 9.97 Å². The van der Waals surface area contributed by atoms with E-state index in [0.29, 0.717) is 11.9 Å². The van der Waals surface area contributed by atoms with Crippen molar-refractivity contribution in [1.82, 2.24) is 20.3 Å². The molecule has 1 unspecified atom stereocenters. The summed E-state index contributed by atoms with van der Waals surface area (Å²) in [6.45, 7) is 2.88. The highest BCUT2D eigenvalue weighted by molar-refractivity contribution is 5.33. The second-order valence-corrected chi connectivity index (χ2v) is 3.14. The summed E-state index contributed by atoms with van der Waals surface area (Å²) in [6, 6.07) is 0. The third-order valence-electron chi connectivity index (χ3n) is 1.80. The van der Waals surface area contributed by atoms with Crippen LogP contribution in [0.25, 0.3) is 0 Å². The Bertz CT molecular complexity index is 377. The standard InChI is InChI=1S/C10H16N6O/c1-4-6-11-8(5-2)14-9-12-7-13-10(15-9)16-17-3/h2,7-8,11H,4,6H2,1,3H3,(H2,12,13,14,15,16). The van der Waals surface area contributed by atoms with Crippen molar-refractivity contribution in [2.45, 2.75) is 19.5 Å². The van der Waals surface area contributed by atoms with Crippen molar-refractivity contribution < 1.29 is 4.84 Å². The summed E-state index contributed by atoms with van der Waals surface area (Å²) in [6.07, 6.45) is 7.42. The van der Waals surface area contributed by atoms with Crippen molar-refractivity contribution in [3.63, 3.8) is 0 Å². The highest BCUT2D eigenvalue weighted by Crippen LogP contribution is 2.02. The Morgan fingerprint density at radius 1 is 1.47 bits per heavy atom. The van der Waals surface area contributed by atoms with Gasteiger partial charge < -0.3 is 5.32 Å².